The van der Waals surface area contributed by atoms with Crippen LogP contribution in [0.4, 0.5) is 0 Å². The minimum Gasteiger partial charge on any atom is -0.476 e. The Labute approximate surface area is 129 Å². The lowest BCUT2D eigenvalue weighted by molar-refractivity contribution is -0.128. The van der Waals surface area contributed by atoms with Gasteiger partial charge in [-0.25, -0.2) is 0 Å². The number of carbonyl (C=O) groups is 1. The fourth-order valence-corrected chi connectivity index (χ4v) is 2.18. The number of nitrogens with one attached hydrogen (secondary N) is 1. The molecule has 0 unspecified atom stereocenters. The first-order valence-electron chi connectivity index (χ1n) is 7.28. The monoisotopic (exact) mass is 292 g/mol. The number of carbonyl (C=O) groups excluding carboxylic acids is 1. The summed E-state index contributed by atoms with van der Waals surface area (Å²) in [5.74, 6) is 0.370. The number of nitrogens with zero attached hydrogens (tertiary/aromatic N) is 1. The average molecular weight is 292 g/mol. The summed E-state index contributed by atoms with van der Waals surface area (Å²) in [7, 11) is 0. The van der Waals surface area contributed by atoms with Gasteiger partial charge in [-0.1, -0.05) is 36.4 Å². The molecule has 1 aliphatic carbocycles. The summed E-state index contributed by atoms with van der Waals surface area (Å²) in [6.07, 6.45) is 1.34. The molecule has 2 aromatic carbocycles. The standard InChI is InChI=1S/C18H16N2O2/c19-12-13-5-4-8-16(11-13)22-17(14-6-2-1-3-7-14)18(21)20-15-9-10-15/h1-8,11,15,17H,9-10H2,(H,20,21)/t17-/m1/s1. The van der Waals surface area contributed by atoms with E-state index in [4.69, 9.17) is 10.00 Å². The van der Waals surface area contributed by atoms with E-state index in [1.165, 1.54) is 0 Å². The van der Waals surface area contributed by atoms with E-state index in [0.29, 0.717) is 11.3 Å². The maximum atomic E-state index is 12.5. The molecule has 0 heterocycles. The highest BCUT2D eigenvalue weighted by Crippen LogP contribution is 2.25. The van der Waals surface area contributed by atoms with Crippen molar-refractivity contribution in [2.75, 3.05) is 0 Å². The molecule has 1 amide bonds. The van der Waals surface area contributed by atoms with Crippen LogP contribution in [-0.2, 0) is 4.79 Å². The van der Waals surface area contributed by atoms with Gasteiger partial charge in [-0.2, -0.15) is 5.26 Å². The Morgan fingerprint density at radius 3 is 2.64 bits per heavy atom. The van der Waals surface area contributed by atoms with Crippen LogP contribution in [-0.4, -0.2) is 11.9 Å². The SMILES string of the molecule is N#Cc1cccc(O[C@@H](C(=O)NC2CC2)c2ccccc2)c1. The van der Waals surface area contributed by atoms with Crippen molar-refractivity contribution >= 4 is 5.91 Å². The molecule has 22 heavy (non-hydrogen) atoms. The second kappa shape index (κ2) is 6.31. The molecule has 3 rings (SSSR count). The van der Waals surface area contributed by atoms with Crippen LogP contribution in [0.3, 0.4) is 0 Å². The van der Waals surface area contributed by atoms with E-state index < -0.39 is 6.10 Å². The van der Waals surface area contributed by atoms with Crippen LogP contribution in [0.1, 0.15) is 30.1 Å². The van der Waals surface area contributed by atoms with Crippen molar-refractivity contribution in [3.05, 3.63) is 65.7 Å². The molecule has 1 aliphatic rings. The van der Waals surface area contributed by atoms with Crippen molar-refractivity contribution in [2.45, 2.75) is 25.0 Å². The van der Waals surface area contributed by atoms with Crippen LogP contribution in [0, 0.1) is 11.3 Å². The highest BCUT2D eigenvalue weighted by atomic mass is 16.5. The van der Waals surface area contributed by atoms with Crippen molar-refractivity contribution in [3.63, 3.8) is 0 Å². The summed E-state index contributed by atoms with van der Waals surface area (Å²) in [5, 5.41) is 11.9. The Kier molecular flexibility index (Phi) is 4.06. The number of hydrogen-bond acceptors (Lipinski definition) is 3. The summed E-state index contributed by atoms with van der Waals surface area (Å²) < 4.78 is 5.87. The van der Waals surface area contributed by atoms with E-state index in [1.54, 1.807) is 24.3 Å². The predicted molar refractivity (Wildman–Crippen MR) is 82.1 cm³/mol. The molecule has 0 saturated heterocycles. The molecule has 0 spiro atoms. The van der Waals surface area contributed by atoms with E-state index in [-0.39, 0.29) is 11.9 Å². The van der Waals surface area contributed by atoms with Crippen LogP contribution in [0.2, 0.25) is 0 Å². The van der Waals surface area contributed by atoms with Gasteiger partial charge >= 0.3 is 0 Å². The van der Waals surface area contributed by atoms with E-state index in [1.807, 2.05) is 30.3 Å². The van der Waals surface area contributed by atoms with Gasteiger partial charge < -0.3 is 10.1 Å². The maximum Gasteiger partial charge on any atom is 0.266 e. The molecule has 0 aliphatic heterocycles. The molecule has 1 saturated carbocycles. The largest absolute Gasteiger partial charge is 0.476 e. The summed E-state index contributed by atoms with van der Waals surface area (Å²) >= 11 is 0. The van der Waals surface area contributed by atoms with Crippen molar-refractivity contribution in [2.24, 2.45) is 0 Å². The van der Waals surface area contributed by atoms with E-state index >= 15 is 0 Å². The minimum absolute atomic E-state index is 0.143. The number of benzene rings is 2. The molecular weight excluding hydrogens is 276 g/mol. The minimum atomic E-state index is -0.712. The lowest BCUT2D eigenvalue weighted by atomic mass is 10.1. The number of nitriles is 1. The van der Waals surface area contributed by atoms with Crippen molar-refractivity contribution in [1.82, 2.24) is 5.32 Å². The zero-order valence-corrected chi connectivity index (χ0v) is 12.0. The molecule has 0 radical (unpaired) electrons. The summed E-state index contributed by atoms with van der Waals surface area (Å²) in [6, 6.07) is 18.6. The first kappa shape index (κ1) is 14.2. The second-order valence-corrected chi connectivity index (χ2v) is 5.33. The quantitative estimate of drug-likeness (QED) is 0.921. The van der Waals surface area contributed by atoms with Gasteiger partial charge in [0, 0.05) is 11.6 Å². The number of ether oxygens (including phenoxy) is 1. The van der Waals surface area contributed by atoms with Gasteiger partial charge in [0.05, 0.1) is 11.6 Å². The van der Waals surface area contributed by atoms with E-state index in [2.05, 4.69) is 11.4 Å². The second-order valence-electron chi connectivity index (χ2n) is 5.33. The average Bonchev–Trinajstić information content (AvgIpc) is 3.37. The lowest BCUT2D eigenvalue weighted by Crippen LogP contribution is -2.33. The summed E-state index contributed by atoms with van der Waals surface area (Å²) in [5.41, 5.74) is 1.30. The smallest absolute Gasteiger partial charge is 0.266 e. The summed E-state index contributed by atoms with van der Waals surface area (Å²) in [6.45, 7) is 0. The first-order chi connectivity index (χ1) is 10.8. The molecule has 4 nitrogen and oxygen atoms in total. The molecular formula is C18H16N2O2. The van der Waals surface area contributed by atoms with Gasteiger partial charge in [0.2, 0.25) is 6.10 Å². The van der Waals surface area contributed by atoms with Crippen molar-refractivity contribution < 1.29 is 9.53 Å². The Bertz CT molecular complexity index is 703. The Hall–Kier alpha value is -2.80. The molecule has 110 valence electrons. The van der Waals surface area contributed by atoms with Crippen molar-refractivity contribution in [3.8, 4) is 11.8 Å². The molecule has 1 atom stereocenters. The third-order valence-corrected chi connectivity index (χ3v) is 3.48. The van der Waals surface area contributed by atoms with Gasteiger partial charge in [0.25, 0.3) is 5.91 Å². The summed E-state index contributed by atoms with van der Waals surface area (Å²) in [4.78, 5) is 12.5. The molecule has 1 fully saturated rings. The highest BCUT2D eigenvalue weighted by Gasteiger charge is 2.29. The lowest BCUT2D eigenvalue weighted by Gasteiger charge is -2.19. The van der Waals surface area contributed by atoms with Gasteiger partial charge in [-0.15, -0.1) is 0 Å². The van der Waals surface area contributed by atoms with Crippen molar-refractivity contribution in [1.29, 1.82) is 5.26 Å². The molecule has 4 heteroatoms. The third-order valence-electron chi connectivity index (χ3n) is 3.48. The molecule has 1 N–H and O–H groups in total. The van der Waals surface area contributed by atoms with Crippen LogP contribution < -0.4 is 10.1 Å². The number of rotatable bonds is 5. The number of hydrogen-bond donors (Lipinski definition) is 1. The van der Waals surface area contributed by atoms with Crippen LogP contribution in [0.15, 0.2) is 54.6 Å². The highest BCUT2D eigenvalue weighted by molar-refractivity contribution is 5.83. The van der Waals surface area contributed by atoms with Crippen LogP contribution >= 0.6 is 0 Å². The van der Waals surface area contributed by atoms with Gasteiger partial charge in [0.1, 0.15) is 5.75 Å². The molecule has 0 bridgehead atoms. The number of amides is 1. The van der Waals surface area contributed by atoms with Crippen LogP contribution in [0.25, 0.3) is 0 Å². The van der Waals surface area contributed by atoms with E-state index in [0.717, 1.165) is 18.4 Å². The zero-order valence-electron chi connectivity index (χ0n) is 12.0. The Balaban J connectivity index is 1.84. The predicted octanol–water partition coefficient (Wildman–Crippen LogP) is 2.96. The van der Waals surface area contributed by atoms with Crippen LogP contribution in [0.5, 0.6) is 5.75 Å². The van der Waals surface area contributed by atoms with Gasteiger partial charge in [-0.3, -0.25) is 4.79 Å². The maximum absolute atomic E-state index is 12.5. The molecule has 2 aromatic rings. The fourth-order valence-electron chi connectivity index (χ4n) is 2.18. The fraction of sp³-hybridized carbons (Fsp3) is 0.222. The Morgan fingerprint density at radius 1 is 1.18 bits per heavy atom. The zero-order chi connectivity index (χ0) is 15.4. The molecule has 0 aromatic heterocycles. The van der Waals surface area contributed by atoms with Gasteiger partial charge in [0.15, 0.2) is 0 Å². The normalized spacial score (nSPS) is 14.7. The van der Waals surface area contributed by atoms with E-state index in [9.17, 15) is 4.79 Å². The first-order valence-corrected chi connectivity index (χ1v) is 7.28. The topological polar surface area (TPSA) is 62.1 Å². The Morgan fingerprint density at radius 2 is 1.95 bits per heavy atom. The van der Waals surface area contributed by atoms with Gasteiger partial charge in [-0.05, 0) is 31.0 Å². The third kappa shape index (κ3) is 3.44.